The van der Waals surface area contributed by atoms with Gasteiger partial charge in [0.2, 0.25) is 0 Å². The van der Waals surface area contributed by atoms with Crippen molar-refractivity contribution in [3.05, 3.63) is 59.1 Å². The molecule has 2 aromatic carbocycles. The van der Waals surface area contributed by atoms with Crippen molar-refractivity contribution in [2.75, 3.05) is 19.0 Å². The number of guanidine groups is 1. The maximum atomic E-state index is 5.85. The van der Waals surface area contributed by atoms with Crippen LogP contribution in [0.2, 0.25) is 5.02 Å². The van der Waals surface area contributed by atoms with Gasteiger partial charge in [-0.2, -0.15) is 0 Å². The molecule has 3 N–H and O–H groups in total. The quantitative estimate of drug-likeness (QED) is 0.428. The van der Waals surface area contributed by atoms with E-state index in [9.17, 15) is 0 Å². The second-order valence-corrected chi connectivity index (χ2v) is 4.93. The van der Waals surface area contributed by atoms with Crippen molar-refractivity contribution < 1.29 is 4.74 Å². The molecule has 0 saturated heterocycles. The Labute approximate surface area is 152 Å². The number of nitrogens with zero attached hydrogens (tertiary/aromatic N) is 1. The van der Waals surface area contributed by atoms with E-state index in [4.69, 9.17) is 22.1 Å². The first-order valence-electron chi connectivity index (χ1n) is 6.63. The Kier molecular flexibility index (Phi) is 8.05. The van der Waals surface area contributed by atoms with Crippen LogP contribution in [0, 0.1) is 0 Å². The lowest BCUT2D eigenvalue weighted by Gasteiger charge is -2.06. The highest BCUT2D eigenvalue weighted by Gasteiger charge is 1.97. The number of methoxy groups -OCH3 is 1. The Morgan fingerprint density at radius 2 is 1.77 bits per heavy atom. The van der Waals surface area contributed by atoms with Crippen molar-refractivity contribution in [3.63, 3.8) is 0 Å². The first kappa shape index (κ1) is 18.6. The number of anilines is 1. The molecule has 0 saturated carbocycles. The molecule has 0 aromatic heterocycles. The maximum Gasteiger partial charge on any atom is 0.193 e. The zero-order valence-electron chi connectivity index (χ0n) is 12.3. The first-order valence-corrected chi connectivity index (χ1v) is 7.00. The molecular formula is C16H19ClIN3O. The molecule has 0 heterocycles. The summed E-state index contributed by atoms with van der Waals surface area (Å²) in [6.45, 7) is 0.622. The van der Waals surface area contributed by atoms with Crippen molar-refractivity contribution in [3.8, 4) is 5.75 Å². The summed E-state index contributed by atoms with van der Waals surface area (Å²) in [4.78, 5) is 4.30. The highest BCUT2D eigenvalue weighted by molar-refractivity contribution is 14.0. The average molecular weight is 432 g/mol. The number of rotatable bonds is 5. The van der Waals surface area contributed by atoms with Gasteiger partial charge < -0.3 is 15.8 Å². The van der Waals surface area contributed by atoms with E-state index in [0.717, 1.165) is 22.9 Å². The summed E-state index contributed by atoms with van der Waals surface area (Å²) in [7, 11) is 1.63. The fourth-order valence-corrected chi connectivity index (χ4v) is 1.94. The van der Waals surface area contributed by atoms with Gasteiger partial charge in [-0.05, 0) is 48.4 Å². The second-order valence-electron chi connectivity index (χ2n) is 4.50. The number of ether oxygens (including phenoxy) is 1. The Morgan fingerprint density at radius 3 is 2.36 bits per heavy atom. The van der Waals surface area contributed by atoms with Gasteiger partial charge in [0, 0.05) is 17.3 Å². The smallest absolute Gasteiger partial charge is 0.193 e. The Balaban J connectivity index is 0.00000242. The molecule has 0 atom stereocenters. The lowest BCUT2D eigenvalue weighted by molar-refractivity contribution is 0.415. The van der Waals surface area contributed by atoms with Gasteiger partial charge in [0.05, 0.1) is 7.11 Å². The molecule has 118 valence electrons. The van der Waals surface area contributed by atoms with Crippen LogP contribution in [0.25, 0.3) is 0 Å². The van der Waals surface area contributed by atoms with E-state index in [1.807, 2.05) is 48.5 Å². The van der Waals surface area contributed by atoms with Crippen molar-refractivity contribution in [1.29, 1.82) is 0 Å². The summed E-state index contributed by atoms with van der Waals surface area (Å²) >= 11 is 5.84. The van der Waals surface area contributed by atoms with E-state index in [1.165, 1.54) is 5.56 Å². The molecule has 22 heavy (non-hydrogen) atoms. The minimum atomic E-state index is 0. The number of hydrogen-bond acceptors (Lipinski definition) is 2. The van der Waals surface area contributed by atoms with Gasteiger partial charge in [0.15, 0.2) is 5.96 Å². The Morgan fingerprint density at radius 1 is 1.14 bits per heavy atom. The Bertz CT molecular complexity index is 600. The SMILES string of the molecule is COc1ccc(NC(N)=NCCc2ccc(Cl)cc2)cc1.I. The van der Waals surface area contributed by atoms with Crippen LogP contribution in [-0.4, -0.2) is 19.6 Å². The van der Waals surface area contributed by atoms with Crippen LogP contribution in [-0.2, 0) is 6.42 Å². The van der Waals surface area contributed by atoms with Crippen molar-refractivity contribution in [2.24, 2.45) is 10.7 Å². The van der Waals surface area contributed by atoms with Crippen LogP contribution in [0.3, 0.4) is 0 Å². The molecular weight excluding hydrogens is 413 g/mol. The summed E-state index contributed by atoms with van der Waals surface area (Å²) in [5, 5.41) is 3.78. The third kappa shape index (κ3) is 6.11. The maximum absolute atomic E-state index is 5.85. The van der Waals surface area contributed by atoms with Crippen LogP contribution in [0.5, 0.6) is 5.75 Å². The van der Waals surface area contributed by atoms with Crippen LogP contribution < -0.4 is 15.8 Å². The molecule has 0 unspecified atom stereocenters. The molecule has 0 radical (unpaired) electrons. The van der Waals surface area contributed by atoms with Crippen LogP contribution in [0.4, 0.5) is 5.69 Å². The van der Waals surface area contributed by atoms with Crippen LogP contribution in [0.15, 0.2) is 53.5 Å². The minimum Gasteiger partial charge on any atom is -0.497 e. The number of halogens is 2. The normalized spacial score (nSPS) is 10.7. The fraction of sp³-hybridized carbons (Fsp3) is 0.188. The van der Waals surface area contributed by atoms with Gasteiger partial charge in [-0.25, -0.2) is 0 Å². The average Bonchev–Trinajstić information content (AvgIpc) is 2.50. The third-order valence-corrected chi connectivity index (χ3v) is 3.21. The third-order valence-electron chi connectivity index (χ3n) is 2.96. The minimum absolute atomic E-state index is 0. The highest BCUT2D eigenvalue weighted by atomic mass is 127. The Hall–Kier alpha value is -1.47. The van der Waals surface area contributed by atoms with Crippen LogP contribution in [0.1, 0.15) is 5.56 Å². The molecule has 0 amide bonds. The summed E-state index contributed by atoms with van der Waals surface area (Å²) < 4.78 is 5.10. The summed E-state index contributed by atoms with van der Waals surface area (Å²) in [5.41, 5.74) is 7.91. The number of nitrogens with one attached hydrogen (secondary N) is 1. The molecule has 0 aliphatic carbocycles. The highest BCUT2D eigenvalue weighted by Crippen LogP contribution is 2.14. The molecule has 2 rings (SSSR count). The summed E-state index contributed by atoms with van der Waals surface area (Å²) in [6.07, 6.45) is 0.822. The second kappa shape index (κ2) is 9.53. The molecule has 0 spiro atoms. The largest absolute Gasteiger partial charge is 0.497 e. The lowest BCUT2D eigenvalue weighted by Crippen LogP contribution is -2.23. The van der Waals surface area contributed by atoms with E-state index in [0.29, 0.717) is 12.5 Å². The molecule has 0 fully saturated rings. The fourth-order valence-electron chi connectivity index (χ4n) is 1.82. The molecule has 4 nitrogen and oxygen atoms in total. The predicted octanol–water partition coefficient (Wildman–Crippen LogP) is 3.94. The standard InChI is InChI=1S/C16H18ClN3O.HI/c1-21-15-8-6-14(7-9-15)20-16(18)19-11-10-12-2-4-13(17)5-3-12;/h2-9H,10-11H2,1H3,(H3,18,19,20);1H. The van der Waals surface area contributed by atoms with Crippen LogP contribution >= 0.6 is 35.6 Å². The van der Waals surface area contributed by atoms with Crippen molar-refractivity contribution in [1.82, 2.24) is 0 Å². The number of nitrogens with two attached hydrogens (primary N) is 1. The topological polar surface area (TPSA) is 59.6 Å². The lowest BCUT2D eigenvalue weighted by atomic mass is 10.1. The molecule has 0 aliphatic rings. The van der Waals surface area contributed by atoms with E-state index in [1.54, 1.807) is 7.11 Å². The molecule has 0 aliphatic heterocycles. The van der Waals surface area contributed by atoms with Crippen molar-refractivity contribution >= 4 is 47.2 Å². The predicted molar refractivity (Wildman–Crippen MR) is 104 cm³/mol. The number of aliphatic imine (C=N–C) groups is 1. The molecule has 0 bridgehead atoms. The van der Waals surface area contributed by atoms with Gasteiger partial charge in [-0.1, -0.05) is 23.7 Å². The van der Waals surface area contributed by atoms with Crippen molar-refractivity contribution in [2.45, 2.75) is 6.42 Å². The van der Waals surface area contributed by atoms with Gasteiger partial charge in [-0.3, -0.25) is 4.99 Å². The number of benzene rings is 2. The van der Waals surface area contributed by atoms with E-state index >= 15 is 0 Å². The molecule has 2 aromatic rings. The van der Waals surface area contributed by atoms with Gasteiger partial charge >= 0.3 is 0 Å². The monoisotopic (exact) mass is 431 g/mol. The zero-order chi connectivity index (χ0) is 15.1. The number of hydrogen-bond donors (Lipinski definition) is 2. The van der Waals surface area contributed by atoms with E-state index in [-0.39, 0.29) is 24.0 Å². The van der Waals surface area contributed by atoms with Gasteiger partial charge in [-0.15, -0.1) is 24.0 Å². The van der Waals surface area contributed by atoms with E-state index < -0.39 is 0 Å². The van der Waals surface area contributed by atoms with Gasteiger partial charge in [0.1, 0.15) is 5.75 Å². The van der Waals surface area contributed by atoms with Gasteiger partial charge in [0.25, 0.3) is 0 Å². The summed E-state index contributed by atoms with van der Waals surface area (Å²) in [6, 6.07) is 15.2. The molecule has 6 heteroatoms. The van der Waals surface area contributed by atoms with E-state index in [2.05, 4.69) is 10.3 Å². The zero-order valence-corrected chi connectivity index (χ0v) is 15.3. The summed E-state index contributed by atoms with van der Waals surface area (Å²) in [5.74, 6) is 1.20. The first-order chi connectivity index (χ1) is 10.2.